The van der Waals surface area contributed by atoms with Crippen LogP contribution in [0.25, 0.3) is 0 Å². The molecule has 2 aromatic carbocycles. The van der Waals surface area contributed by atoms with Crippen molar-refractivity contribution in [1.29, 1.82) is 0 Å². The standard InChI is InChI=1S/C22H23N5O7/c1-13-7-14(2)15(3)20(8-13)34-18-10-16(9-17(11-18)26(29)30)23-21(28)5-6-25-12-19(27(31)32)22(24-25)33-4/h7-12H,5-6H2,1-4H3,(H,23,28). The lowest BCUT2D eigenvalue weighted by Gasteiger charge is -2.13. The molecule has 34 heavy (non-hydrogen) atoms. The zero-order valence-electron chi connectivity index (χ0n) is 19.0. The first-order valence-corrected chi connectivity index (χ1v) is 10.2. The van der Waals surface area contributed by atoms with Crippen molar-refractivity contribution in [3.8, 4) is 17.4 Å². The van der Waals surface area contributed by atoms with E-state index in [0.717, 1.165) is 22.9 Å². The van der Waals surface area contributed by atoms with E-state index in [9.17, 15) is 25.0 Å². The van der Waals surface area contributed by atoms with Crippen LogP contribution in [0.15, 0.2) is 36.5 Å². The first kappa shape index (κ1) is 24.2. The minimum atomic E-state index is -0.634. The monoisotopic (exact) mass is 469 g/mol. The Morgan fingerprint density at radius 3 is 2.44 bits per heavy atom. The second-order valence-corrected chi connectivity index (χ2v) is 7.62. The van der Waals surface area contributed by atoms with Gasteiger partial charge in [0.1, 0.15) is 17.7 Å². The normalized spacial score (nSPS) is 10.6. The maximum atomic E-state index is 12.4. The number of nitro groups is 2. The number of carbonyl (C=O) groups excluding carboxylic acids is 1. The van der Waals surface area contributed by atoms with Crippen LogP contribution in [0.4, 0.5) is 17.1 Å². The molecule has 178 valence electrons. The van der Waals surface area contributed by atoms with Crippen LogP contribution < -0.4 is 14.8 Å². The highest BCUT2D eigenvalue weighted by Crippen LogP contribution is 2.33. The minimum Gasteiger partial charge on any atom is -0.475 e. The summed E-state index contributed by atoms with van der Waals surface area (Å²) in [5.41, 5.74) is 2.51. The number of nitro benzene ring substituents is 1. The van der Waals surface area contributed by atoms with Crippen LogP contribution in [0.2, 0.25) is 0 Å². The highest BCUT2D eigenvalue weighted by Gasteiger charge is 2.20. The van der Waals surface area contributed by atoms with Crippen LogP contribution in [-0.4, -0.2) is 32.6 Å². The highest BCUT2D eigenvalue weighted by atomic mass is 16.6. The maximum Gasteiger partial charge on any atom is 0.350 e. The van der Waals surface area contributed by atoms with E-state index in [0.29, 0.717) is 5.75 Å². The lowest BCUT2D eigenvalue weighted by molar-refractivity contribution is -0.385. The van der Waals surface area contributed by atoms with Crippen molar-refractivity contribution in [2.75, 3.05) is 12.4 Å². The van der Waals surface area contributed by atoms with Crippen LogP contribution >= 0.6 is 0 Å². The van der Waals surface area contributed by atoms with E-state index in [1.54, 1.807) is 0 Å². The molecule has 0 atom stereocenters. The molecule has 12 nitrogen and oxygen atoms in total. The molecule has 0 saturated heterocycles. The number of rotatable bonds is 9. The molecule has 1 aromatic heterocycles. The SMILES string of the molecule is COc1nn(CCC(=O)Nc2cc(Oc3cc(C)cc(C)c3C)cc([N+](=O)[O-])c2)cc1[N+](=O)[O-]. The maximum absolute atomic E-state index is 12.4. The van der Waals surface area contributed by atoms with Crippen molar-refractivity contribution < 1.29 is 24.1 Å². The zero-order chi connectivity index (χ0) is 25.0. The Kier molecular flexibility index (Phi) is 7.09. The molecule has 0 aliphatic rings. The molecular weight excluding hydrogens is 446 g/mol. The Bertz CT molecular complexity index is 1270. The van der Waals surface area contributed by atoms with E-state index < -0.39 is 15.8 Å². The first-order valence-electron chi connectivity index (χ1n) is 10.2. The molecule has 0 aliphatic heterocycles. The molecule has 0 spiro atoms. The van der Waals surface area contributed by atoms with E-state index in [1.807, 2.05) is 32.9 Å². The molecular formula is C22H23N5O7. The molecule has 3 rings (SSSR count). The fourth-order valence-electron chi connectivity index (χ4n) is 3.27. The van der Waals surface area contributed by atoms with Gasteiger partial charge in [0.2, 0.25) is 5.91 Å². The van der Waals surface area contributed by atoms with Crippen molar-refractivity contribution >= 4 is 23.0 Å². The fourth-order valence-corrected chi connectivity index (χ4v) is 3.27. The van der Waals surface area contributed by atoms with Gasteiger partial charge in [-0.3, -0.25) is 29.7 Å². The third kappa shape index (κ3) is 5.65. The summed E-state index contributed by atoms with van der Waals surface area (Å²) < 4.78 is 12.0. The third-order valence-corrected chi connectivity index (χ3v) is 5.05. The Balaban J connectivity index is 1.76. The van der Waals surface area contributed by atoms with Gasteiger partial charge in [0.15, 0.2) is 0 Å². The van der Waals surface area contributed by atoms with Crippen molar-refractivity contribution in [3.05, 3.63) is 73.4 Å². The van der Waals surface area contributed by atoms with Gasteiger partial charge in [0, 0.05) is 18.6 Å². The largest absolute Gasteiger partial charge is 0.475 e. The molecule has 0 fully saturated rings. The molecule has 0 unspecified atom stereocenters. The summed E-state index contributed by atoms with van der Waals surface area (Å²) in [5, 5.41) is 28.9. The van der Waals surface area contributed by atoms with Crippen LogP contribution in [0, 0.1) is 41.0 Å². The van der Waals surface area contributed by atoms with Gasteiger partial charge >= 0.3 is 11.6 Å². The van der Waals surface area contributed by atoms with Gasteiger partial charge in [0.05, 0.1) is 35.3 Å². The summed E-state index contributed by atoms with van der Waals surface area (Å²) in [6.45, 7) is 5.79. The summed E-state index contributed by atoms with van der Waals surface area (Å²) in [7, 11) is 1.26. The van der Waals surface area contributed by atoms with E-state index in [1.165, 1.54) is 30.0 Å². The van der Waals surface area contributed by atoms with Crippen molar-refractivity contribution in [3.63, 3.8) is 0 Å². The van der Waals surface area contributed by atoms with Crippen molar-refractivity contribution in [2.45, 2.75) is 33.7 Å². The van der Waals surface area contributed by atoms with Crippen LogP contribution in [0.5, 0.6) is 17.4 Å². The number of anilines is 1. The molecule has 1 N–H and O–H groups in total. The Morgan fingerprint density at radius 2 is 1.82 bits per heavy atom. The summed E-state index contributed by atoms with van der Waals surface area (Å²) in [4.78, 5) is 33.6. The average molecular weight is 469 g/mol. The Morgan fingerprint density at radius 1 is 1.09 bits per heavy atom. The van der Waals surface area contributed by atoms with Gasteiger partial charge in [0.25, 0.3) is 5.69 Å². The summed E-state index contributed by atoms with van der Waals surface area (Å²) in [6.07, 6.45) is 1.08. The smallest absolute Gasteiger partial charge is 0.350 e. The zero-order valence-corrected chi connectivity index (χ0v) is 19.0. The number of carbonyl (C=O) groups is 1. The number of nitrogens with one attached hydrogen (secondary N) is 1. The van der Waals surface area contributed by atoms with Gasteiger partial charge in [-0.25, -0.2) is 0 Å². The van der Waals surface area contributed by atoms with Crippen molar-refractivity contribution in [2.24, 2.45) is 0 Å². The topological polar surface area (TPSA) is 152 Å². The first-order chi connectivity index (χ1) is 16.1. The number of hydrogen-bond donors (Lipinski definition) is 1. The lowest BCUT2D eigenvalue weighted by Crippen LogP contribution is -2.15. The molecule has 0 saturated carbocycles. The number of nitrogens with zero attached hydrogens (tertiary/aromatic N) is 4. The van der Waals surface area contributed by atoms with E-state index >= 15 is 0 Å². The van der Waals surface area contributed by atoms with Gasteiger partial charge in [-0.2, -0.15) is 0 Å². The van der Waals surface area contributed by atoms with E-state index in [2.05, 4.69) is 10.4 Å². The number of aromatic nitrogens is 2. The van der Waals surface area contributed by atoms with Crippen LogP contribution in [0.3, 0.4) is 0 Å². The molecule has 1 amide bonds. The number of ether oxygens (including phenoxy) is 2. The number of non-ortho nitro benzene ring substituents is 1. The Labute approximate surface area is 194 Å². The number of hydrogen-bond acceptors (Lipinski definition) is 8. The fraction of sp³-hybridized carbons (Fsp3) is 0.273. The molecule has 12 heteroatoms. The Hall–Kier alpha value is -4.48. The summed E-state index contributed by atoms with van der Waals surface area (Å²) in [6, 6.07) is 7.83. The van der Waals surface area contributed by atoms with Gasteiger partial charge in [-0.05, 0) is 43.5 Å². The van der Waals surface area contributed by atoms with E-state index in [4.69, 9.17) is 9.47 Å². The quantitative estimate of drug-likeness (QED) is 0.356. The average Bonchev–Trinajstić information content (AvgIpc) is 3.19. The number of amides is 1. The summed E-state index contributed by atoms with van der Waals surface area (Å²) in [5.74, 6) is 0.133. The van der Waals surface area contributed by atoms with Crippen molar-refractivity contribution in [1.82, 2.24) is 9.78 Å². The highest BCUT2D eigenvalue weighted by molar-refractivity contribution is 5.91. The van der Waals surface area contributed by atoms with Gasteiger partial charge < -0.3 is 14.8 Å². The van der Waals surface area contributed by atoms with Gasteiger partial charge in [-0.1, -0.05) is 6.07 Å². The molecule has 0 radical (unpaired) electrons. The lowest BCUT2D eigenvalue weighted by atomic mass is 10.1. The third-order valence-electron chi connectivity index (χ3n) is 5.05. The molecule has 0 aliphatic carbocycles. The summed E-state index contributed by atoms with van der Waals surface area (Å²) >= 11 is 0. The van der Waals surface area contributed by atoms with Gasteiger partial charge in [-0.15, -0.1) is 5.10 Å². The predicted molar refractivity (Wildman–Crippen MR) is 123 cm³/mol. The van der Waals surface area contributed by atoms with Crippen LogP contribution in [0.1, 0.15) is 23.1 Å². The van der Waals surface area contributed by atoms with E-state index in [-0.39, 0.29) is 41.7 Å². The molecule has 1 heterocycles. The number of benzene rings is 2. The minimum absolute atomic E-state index is 0.0378. The second-order valence-electron chi connectivity index (χ2n) is 7.62. The predicted octanol–water partition coefficient (Wildman–Crippen LogP) is 4.45. The number of methoxy groups -OCH3 is 1. The molecule has 3 aromatic rings. The number of aryl methyl sites for hydroxylation is 3. The molecule has 0 bridgehead atoms. The van der Waals surface area contributed by atoms with Crippen LogP contribution in [-0.2, 0) is 11.3 Å². The second kappa shape index (κ2) is 9.98.